The minimum atomic E-state index is -0.320. The number of para-hydroxylation sites is 1. The molecule has 0 aliphatic heterocycles. The first kappa shape index (κ1) is 13.2. The van der Waals surface area contributed by atoms with E-state index in [4.69, 9.17) is 0 Å². The fourth-order valence-corrected chi connectivity index (χ4v) is 2.26. The van der Waals surface area contributed by atoms with Gasteiger partial charge in [0.15, 0.2) is 0 Å². The maximum atomic E-state index is 9.40. The van der Waals surface area contributed by atoms with Crippen molar-refractivity contribution in [1.29, 1.82) is 5.26 Å². The van der Waals surface area contributed by atoms with Crippen LogP contribution in [-0.4, -0.2) is 0 Å². The summed E-state index contributed by atoms with van der Waals surface area (Å²) in [6, 6.07) is 16.3. The zero-order valence-electron chi connectivity index (χ0n) is 11.6. The average Bonchev–Trinajstić information content (AvgIpc) is 2.36. The van der Waals surface area contributed by atoms with Gasteiger partial charge in [0.25, 0.3) is 0 Å². The number of nitriles is 1. The van der Waals surface area contributed by atoms with E-state index in [0.29, 0.717) is 0 Å². The van der Waals surface area contributed by atoms with E-state index in [-0.39, 0.29) is 6.04 Å². The lowest BCUT2D eigenvalue weighted by Crippen LogP contribution is -2.09. The Bertz CT molecular complexity index is 603. The highest BCUT2D eigenvalue weighted by atomic mass is 14.9. The lowest BCUT2D eigenvalue weighted by Gasteiger charge is -2.16. The van der Waals surface area contributed by atoms with Crippen LogP contribution in [-0.2, 0) is 0 Å². The largest absolute Gasteiger partial charge is 0.366 e. The molecular weight excluding hydrogens is 232 g/mol. The Labute approximate surface area is 114 Å². The SMILES string of the molecule is Cc1cc(C)cc(C(C#N)Nc2ccccc2C)c1. The highest BCUT2D eigenvalue weighted by molar-refractivity contribution is 5.53. The van der Waals surface area contributed by atoms with Crippen molar-refractivity contribution in [1.82, 2.24) is 0 Å². The molecule has 0 saturated carbocycles. The van der Waals surface area contributed by atoms with Crippen molar-refractivity contribution >= 4 is 5.69 Å². The first-order valence-electron chi connectivity index (χ1n) is 6.40. The summed E-state index contributed by atoms with van der Waals surface area (Å²) < 4.78 is 0. The number of hydrogen-bond donors (Lipinski definition) is 1. The van der Waals surface area contributed by atoms with E-state index in [9.17, 15) is 5.26 Å². The van der Waals surface area contributed by atoms with Crippen molar-refractivity contribution in [3.8, 4) is 6.07 Å². The van der Waals surface area contributed by atoms with Crippen LogP contribution in [0.5, 0.6) is 0 Å². The number of aryl methyl sites for hydroxylation is 3. The molecule has 96 valence electrons. The molecule has 1 atom stereocenters. The summed E-state index contributed by atoms with van der Waals surface area (Å²) in [5, 5.41) is 12.7. The summed E-state index contributed by atoms with van der Waals surface area (Å²) in [5.41, 5.74) is 5.53. The Morgan fingerprint density at radius 3 is 2.21 bits per heavy atom. The molecule has 0 radical (unpaired) electrons. The van der Waals surface area contributed by atoms with Gasteiger partial charge in [0.05, 0.1) is 6.07 Å². The van der Waals surface area contributed by atoms with Crippen molar-refractivity contribution < 1.29 is 0 Å². The first-order valence-corrected chi connectivity index (χ1v) is 6.40. The lowest BCUT2D eigenvalue weighted by atomic mass is 10.0. The molecule has 0 saturated heterocycles. The predicted molar refractivity (Wildman–Crippen MR) is 79.1 cm³/mol. The lowest BCUT2D eigenvalue weighted by molar-refractivity contribution is 0.987. The molecule has 0 bridgehead atoms. The Kier molecular flexibility index (Phi) is 3.87. The van der Waals surface area contributed by atoms with Crippen LogP contribution in [0.15, 0.2) is 42.5 Å². The van der Waals surface area contributed by atoms with Crippen LogP contribution in [0.2, 0.25) is 0 Å². The second-order valence-corrected chi connectivity index (χ2v) is 4.94. The minimum absolute atomic E-state index is 0.320. The van der Waals surface area contributed by atoms with E-state index in [1.165, 1.54) is 11.1 Å². The van der Waals surface area contributed by atoms with Crippen LogP contribution < -0.4 is 5.32 Å². The smallest absolute Gasteiger partial charge is 0.140 e. The third-order valence-corrected chi connectivity index (χ3v) is 3.15. The number of hydrogen-bond acceptors (Lipinski definition) is 2. The van der Waals surface area contributed by atoms with Crippen molar-refractivity contribution in [2.45, 2.75) is 26.8 Å². The van der Waals surface area contributed by atoms with Crippen molar-refractivity contribution in [2.24, 2.45) is 0 Å². The van der Waals surface area contributed by atoms with Crippen molar-refractivity contribution in [3.63, 3.8) is 0 Å². The summed E-state index contributed by atoms with van der Waals surface area (Å²) in [5.74, 6) is 0. The molecule has 2 heteroatoms. The van der Waals surface area contributed by atoms with E-state index in [2.05, 4.69) is 43.4 Å². The third-order valence-electron chi connectivity index (χ3n) is 3.15. The molecule has 0 heterocycles. The number of nitrogens with zero attached hydrogens (tertiary/aromatic N) is 1. The summed E-state index contributed by atoms with van der Waals surface area (Å²) in [7, 11) is 0. The average molecular weight is 250 g/mol. The van der Waals surface area contributed by atoms with Crippen molar-refractivity contribution in [2.75, 3.05) is 5.32 Å². The zero-order chi connectivity index (χ0) is 13.8. The van der Waals surface area contributed by atoms with Gasteiger partial charge in [0, 0.05) is 5.69 Å². The normalized spacial score (nSPS) is 11.7. The predicted octanol–water partition coefficient (Wildman–Crippen LogP) is 4.29. The molecule has 0 aromatic heterocycles. The fraction of sp³-hybridized carbons (Fsp3) is 0.235. The molecule has 1 unspecified atom stereocenters. The molecule has 1 N–H and O–H groups in total. The summed E-state index contributed by atoms with van der Waals surface area (Å²) >= 11 is 0. The van der Waals surface area contributed by atoms with E-state index in [1.54, 1.807) is 0 Å². The monoisotopic (exact) mass is 250 g/mol. The molecule has 2 aromatic carbocycles. The van der Waals surface area contributed by atoms with Gasteiger partial charge in [-0.05, 0) is 38.0 Å². The summed E-state index contributed by atoms with van der Waals surface area (Å²) in [6.45, 7) is 6.15. The number of anilines is 1. The minimum Gasteiger partial charge on any atom is -0.366 e. The maximum absolute atomic E-state index is 9.40. The fourth-order valence-electron chi connectivity index (χ4n) is 2.26. The van der Waals surface area contributed by atoms with Crippen LogP contribution in [0.1, 0.15) is 28.3 Å². The van der Waals surface area contributed by atoms with E-state index in [1.807, 2.05) is 31.2 Å². The van der Waals surface area contributed by atoms with Crippen LogP contribution >= 0.6 is 0 Å². The zero-order valence-corrected chi connectivity index (χ0v) is 11.6. The van der Waals surface area contributed by atoms with E-state index in [0.717, 1.165) is 16.8 Å². The number of rotatable bonds is 3. The van der Waals surface area contributed by atoms with E-state index < -0.39 is 0 Å². The second kappa shape index (κ2) is 5.58. The third kappa shape index (κ3) is 3.14. The van der Waals surface area contributed by atoms with Gasteiger partial charge in [-0.1, -0.05) is 47.5 Å². The number of nitrogens with one attached hydrogen (secondary N) is 1. The second-order valence-electron chi connectivity index (χ2n) is 4.94. The molecule has 0 aliphatic rings. The highest BCUT2D eigenvalue weighted by Crippen LogP contribution is 2.23. The molecule has 0 amide bonds. The summed E-state index contributed by atoms with van der Waals surface area (Å²) in [4.78, 5) is 0. The highest BCUT2D eigenvalue weighted by Gasteiger charge is 2.11. The molecule has 2 rings (SSSR count). The first-order chi connectivity index (χ1) is 9.10. The Morgan fingerprint density at radius 1 is 1.00 bits per heavy atom. The topological polar surface area (TPSA) is 35.8 Å². The number of benzene rings is 2. The molecule has 2 nitrogen and oxygen atoms in total. The van der Waals surface area contributed by atoms with Crippen molar-refractivity contribution in [3.05, 3.63) is 64.7 Å². The Hall–Kier alpha value is -2.27. The van der Waals surface area contributed by atoms with Crippen LogP contribution in [0.25, 0.3) is 0 Å². The van der Waals surface area contributed by atoms with Crippen LogP contribution in [0.4, 0.5) is 5.69 Å². The standard InChI is InChI=1S/C17H18N2/c1-12-8-13(2)10-15(9-12)17(11-18)19-16-7-5-4-6-14(16)3/h4-10,17,19H,1-3H3. The molecule has 0 fully saturated rings. The quantitative estimate of drug-likeness (QED) is 0.882. The molecule has 0 aliphatic carbocycles. The van der Waals surface area contributed by atoms with Gasteiger partial charge in [-0.2, -0.15) is 5.26 Å². The maximum Gasteiger partial charge on any atom is 0.140 e. The van der Waals surface area contributed by atoms with E-state index >= 15 is 0 Å². The molecular formula is C17H18N2. The van der Waals surface area contributed by atoms with Gasteiger partial charge in [0.2, 0.25) is 0 Å². The van der Waals surface area contributed by atoms with Gasteiger partial charge in [-0.25, -0.2) is 0 Å². The Morgan fingerprint density at radius 2 is 1.63 bits per heavy atom. The van der Waals surface area contributed by atoms with Crippen LogP contribution in [0.3, 0.4) is 0 Å². The van der Waals surface area contributed by atoms with Gasteiger partial charge in [-0.3, -0.25) is 0 Å². The van der Waals surface area contributed by atoms with Gasteiger partial charge < -0.3 is 5.32 Å². The molecule has 19 heavy (non-hydrogen) atoms. The van der Waals surface area contributed by atoms with Crippen LogP contribution in [0, 0.1) is 32.1 Å². The van der Waals surface area contributed by atoms with Gasteiger partial charge in [0.1, 0.15) is 6.04 Å². The summed E-state index contributed by atoms with van der Waals surface area (Å²) in [6.07, 6.45) is 0. The van der Waals surface area contributed by atoms with Gasteiger partial charge >= 0.3 is 0 Å². The molecule has 2 aromatic rings. The molecule has 0 spiro atoms. The Balaban J connectivity index is 2.31. The van der Waals surface area contributed by atoms with Gasteiger partial charge in [-0.15, -0.1) is 0 Å².